The van der Waals surface area contributed by atoms with Crippen molar-refractivity contribution in [2.75, 3.05) is 49.3 Å². The van der Waals surface area contributed by atoms with E-state index in [0.717, 1.165) is 6.07 Å². The highest BCUT2D eigenvalue weighted by molar-refractivity contribution is 6.07. The van der Waals surface area contributed by atoms with Crippen molar-refractivity contribution in [2.45, 2.75) is 32.1 Å². The molecule has 1 fully saturated rings. The number of rotatable bonds is 5. The van der Waals surface area contributed by atoms with Crippen LogP contribution >= 0.6 is 0 Å². The minimum atomic E-state index is -5.04. The Bertz CT molecular complexity index is 1460. The molecule has 214 valence electrons. The van der Waals surface area contributed by atoms with E-state index in [9.17, 15) is 22.8 Å². The zero-order valence-corrected chi connectivity index (χ0v) is 22.4. The Hall–Kier alpha value is -4.07. The third-order valence-corrected chi connectivity index (χ3v) is 6.94. The Morgan fingerprint density at radius 3 is 2.25 bits per heavy atom. The number of piperazine rings is 1. The van der Waals surface area contributed by atoms with Crippen LogP contribution in [-0.2, 0) is 6.18 Å². The van der Waals surface area contributed by atoms with Gasteiger partial charge in [-0.15, -0.1) is 0 Å². The van der Waals surface area contributed by atoms with E-state index in [-0.39, 0.29) is 35.3 Å². The van der Waals surface area contributed by atoms with Gasteiger partial charge < -0.3 is 20.1 Å². The SMILES string of the molecule is C[C@@H]1CN(c2cc(F)c(-c3cnc(N(C)C)nc3)c(F)c2NC(=O)c2c[nH]c(=O)cc2C(F)(F)F)C[C@H](C)N1C. The summed E-state index contributed by atoms with van der Waals surface area (Å²) in [6, 6.07) is 1.20. The van der Waals surface area contributed by atoms with Crippen LogP contribution in [0.4, 0.5) is 39.3 Å². The number of alkyl halides is 3. The molecule has 0 radical (unpaired) electrons. The molecule has 4 rings (SSSR count). The maximum atomic E-state index is 16.2. The number of anilines is 3. The largest absolute Gasteiger partial charge is 0.417 e. The van der Waals surface area contributed by atoms with E-state index < -0.39 is 51.7 Å². The first-order chi connectivity index (χ1) is 18.7. The number of carbonyl (C=O) groups excluding carboxylic acids is 1. The molecule has 9 nitrogen and oxygen atoms in total. The Morgan fingerprint density at radius 1 is 1.10 bits per heavy atom. The summed E-state index contributed by atoms with van der Waals surface area (Å²) in [4.78, 5) is 40.3. The summed E-state index contributed by atoms with van der Waals surface area (Å²) in [7, 11) is 5.27. The van der Waals surface area contributed by atoms with Crippen molar-refractivity contribution in [1.29, 1.82) is 0 Å². The number of nitrogens with one attached hydrogen (secondary N) is 2. The van der Waals surface area contributed by atoms with Crippen molar-refractivity contribution >= 4 is 23.2 Å². The second-order valence-electron chi connectivity index (χ2n) is 9.95. The molecule has 2 aromatic heterocycles. The number of H-pyrrole nitrogens is 1. The van der Waals surface area contributed by atoms with Gasteiger partial charge in [-0.1, -0.05) is 0 Å². The molecule has 2 N–H and O–H groups in total. The maximum absolute atomic E-state index is 16.2. The molecule has 3 aromatic rings. The van der Waals surface area contributed by atoms with Gasteiger partial charge >= 0.3 is 6.18 Å². The molecule has 40 heavy (non-hydrogen) atoms. The van der Waals surface area contributed by atoms with Gasteiger partial charge in [-0.2, -0.15) is 13.2 Å². The molecule has 3 heterocycles. The highest BCUT2D eigenvalue weighted by Crippen LogP contribution is 2.40. The quantitative estimate of drug-likeness (QED) is 0.452. The number of likely N-dealkylation sites (N-methyl/N-ethyl adjacent to an activating group) is 1. The minimum Gasteiger partial charge on any atom is -0.367 e. The number of aromatic nitrogens is 3. The molecule has 0 unspecified atom stereocenters. The van der Waals surface area contributed by atoms with Gasteiger partial charge in [-0.05, 0) is 20.9 Å². The first-order valence-electron chi connectivity index (χ1n) is 12.3. The van der Waals surface area contributed by atoms with Gasteiger partial charge in [0.2, 0.25) is 11.5 Å². The van der Waals surface area contributed by atoms with Crippen LogP contribution in [0.1, 0.15) is 29.8 Å². The highest BCUT2D eigenvalue weighted by Gasteiger charge is 2.37. The lowest BCUT2D eigenvalue weighted by Gasteiger charge is -2.44. The summed E-state index contributed by atoms with van der Waals surface area (Å²) in [5.74, 6) is -3.23. The molecule has 2 atom stereocenters. The Morgan fingerprint density at radius 2 is 1.70 bits per heavy atom. The molecule has 1 amide bonds. The fraction of sp³-hybridized carbons (Fsp3) is 0.385. The molecule has 1 aliphatic rings. The second-order valence-corrected chi connectivity index (χ2v) is 9.95. The van der Waals surface area contributed by atoms with Gasteiger partial charge in [0.1, 0.15) is 11.5 Å². The van der Waals surface area contributed by atoms with Crippen LogP contribution < -0.4 is 20.7 Å². The fourth-order valence-corrected chi connectivity index (χ4v) is 4.60. The average molecular weight is 566 g/mol. The fourth-order valence-electron chi connectivity index (χ4n) is 4.60. The highest BCUT2D eigenvalue weighted by atomic mass is 19.4. The Kier molecular flexibility index (Phi) is 7.83. The van der Waals surface area contributed by atoms with Crippen LogP contribution in [0.3, 0.4) is 0 Å². The number of benzene rings is 1. The monoisotopic (exact) mass is 565 g/mol. The van der Waals surface area contributed by atoms with E-state index in [1.54, 1.807) is 23.9 Å². The van der Waals surface area contributed by atoms with Crippen molar-refractivity contribution < 1.29 is 26.7 Å². The standard InChI is InChI=1S/C26H28F5N7O2/c1-13-11-38(12-14(2)37(13)5)19-7-18(27)21(15-8-33-25(34-9-15)36(3)4)22(28)23(19)35-24(40)16-10-32-20(39)6-17(16)26(29,30)31/h6-10,13-14H,11-12H2,1-5H3,(H,32,39)(H,35,40)/t13-,14+. The first kappa shape index (κ1) is 28.9. The van der Waals surface area contributed by atoms with Crippen LogP contribution in [0.25, 0.3) is 11.1 Å². The molecule has 0 bridgehead atoms. The van der Waals surface area contributed by atoms with Gasteiger partial charge in [0.25, 0.3) is 5.91 Å². The summed E-state index contributed by atoms with van der Waals surface area (Å²) >= 11 is 0. The normalized spacial score (nSPS) is 18.1. The van der Waals surface area contributed by atoms with Crippen molar-refractivity contribution in [3.05, 3.63) is 63.8 Å². The van der Waals surface area contributed by atoms with E-state index >= 15 is 8.78 Å². The summed E-state index contributed by atoms with van der Waals surface area (Å²) < 4.78 is 72.7. The van der Waals surface area contributed by atoms with E-state index in [1.807, 2.05) is 25.9 Å². The van der Waals surface area contributed by atoms with Gasteiger partial charge in [-0.25, -0.2) is 18.7 Å². The second kappa shape index (κ2) is 10.8. The minimum absolute atomic E-state index is 0.0391. The smallest absolute Gasteiger partial charge is 0.367 e. The van der Waals surface area contributed by atoms with Crippen LogP contribution in [-0.4, -0.2) is 72.1 Å². The molecular weight excluding hydrogens is 537 g/mol. The third kappa shape index (κ3) is 5.62. The van der Waals surface area contributed by atoms with Crippen molar-refractivity contribution in [3.8, 4) is 11.1 Å². The molecule has 1 aliphatic heterocycles. The van der Waals surface area contributed by atoms with Gasteiger partial charge in [0.15, 0.2) is 5.82 Å². The number of aromatic amines is 1. The lowest BCUT2D eigenvalue weighted by molar-refractivity contribution is -0.138. The van der Waals surface area contributed by atoms with Crippen LogP contribution in [0.15, 0.2) is 35.5 Å². The van der Waals surface area contributed by atoms with Gasteiger partial charge in [0, 0.05) is 75.6 Å². The average Bonchev–Trinajstić information content (AvgIpc) is 2.88. The topological polar surface area (TPSA) is 97.5 Å². The number of halogens is 5. The van der Waals surface area contributed by atoms with E-state index in [1.165, 1.54) is 12.4 Å². The van der Waals surface area contributed by atoms with Gasteiger partial charge in [-0.3, -0.25) is 14.5 Å². The van der Waals surface area contributed by atoms with Crippen molar-refractivity contribution in [1.82, 2.24) is 19.9 Å². The molecule has 1 aromatic carbocycles. The summed E-state index contributed by atoms with van der Waals surface area (Å²) in [6.45, 7) is 4.49. The summed E-state index contributed by atoms with van der Waals surface area (Å²) in [6.07, 6.45) is -2.02. The Labute approximate surface area is 226 Å². The first-order valence-corrected chi connectivity index (χ1v) is 12.3. The van der Waals surface area contributed by atoms with E-state index in [0.29, 0.717) is 19.3 Å². The maximum Gasteiger partial charge on any atom is 0.417 e. The number of hydrogen-bond acceptors (Lipinski definition) is 7. The number of pyridine rings is 1. The van der Waals surface area contributed by atoms with Crippen LogP contribution in [0, 0.1) is 11.6 Å². The third-order valence-electron chi connectivity index (χ3n) is 6.94. The van der Waals surface area contributed by atoms with Crippen LogP contribution in [0.5, 0.6) is 0 Å². The van der Waals surface area contributed by atoms with E-state index in [2.05, 4.69) is 20.2 Å². The summed E-state index contributed by atoms with van der Waals surface area (Å²) in [5.41, 5.74) is -4.64. The number of amides is 1. The van der Waals surface area contributed by atoms with Gasteiger partial charge in [0.05, 0.1) is 22.4 Å². The van der Waals surface area contributed by atoms with Crippen LogP contribution in [0.2, 0.25) is 0 Å². The Balaban J connectivity index is 1.87. The molecular formula is C26H28F5N7O2. The van der Waals surface area contributed by atoms with E-state index in [4.69, 9.17) is 0 Å². The van der Waals surface area contributed by atoms with Crippen molar-refractivity contribution in [2.24, 2.45) is 0 Å². The number of hydrogen-bond donors (Lipinski definition) is 2. The molecule has 0 saturated carbocycles. The zero-order valence-electron chi connectivity index (χ0n) is 22.4. The molecule has 0 aliphatic carbocycles. The van der Waals surface area contributed by atoms with Crippen molar-refractivity contribution in [3.63, 3.8) is 0 Å². The summed E-state index contributed by atoms with van der Waals surface area (Å²) in [5, 5.41) is 2.23. The lowest BCUT2D eigenvalue weighted by atomic mass is 10.0. The number of carbonyl (C=O) groups is 1. The molecule has 0 spiro atoms. The lowest BCUT2D eigenvalue weighted by Crippen LogP contribution is -2.55. The molecule has 14 heteroatoms. The molecule has 1 saturated heterocycles. The number of nitrogens with zero attached hydrogens (tertiary/aromatic N) is 5. The predicted octanol–water partition coefficient (Wildman–Crippen LogP) is 3.98. The predicted molar refractivity (Wildman–Crippen MR) is 141 cm³/mol. The zero-order chi connectivity index (χ0) is 29.5.